The Balaban J connectivity index is 2.81. The number of rotatable bonds is 2. The minimum Gasteiger partial charge on any atom is -0.465 e. The molecule has 2 N–H and O–H groups in total. The minimum atomic E-state index is -1.21. The molecule has 0 aromatic heterocycles. The quantitative estimate of drug-likeness (QED) is 0.775. The van der Waals surface area contributed by atoms with E-state index in [4.69, 9.17) is 16.7 Å². The molecule has 3 nitrogen and oxygen atoms in total. The van der Waals surface area contributed by atoms with Crippen molar-refractivity contribution < 1.29 is 14.3 Å². The maximum absolute atomic E-state index is 13.0. The van der Waals surface area contributed by atoms with Crippen molar-refractivity contribution >= 4 is 17.7 Å². The Kier molecular flexibility index (Phi) is 3.08. The highest BCUT2D eigenvalue weighted by atomic mass is 35.5. The van der Waals surface area contributed by atoms with Gasteiger partial charge in [-0.25, -0.2) is 9.18 Å². The van der Waals surface area contributed by atoms with Crippen LogP contribution in [0.2, 0.25) is 5.02 Å². The van der Waals surface area contributed by atoms with Gasteiger partial charge in [-0.1, -0.05) is 17.7 Å². The number of carbonyl (C=O) groups is 1. The third-order valence-corrected chi connectivity index (χ3v) is 1.83. The first-order valence-corrected chi connectivity index (χ1v) is 3.88. The largest absolute Gasteiger partial charge is 0.465 e. The average Bonchev–Trinajstić information content (AvgIpc) is 2.03. The molecule has 5 heteroatoms. The van der Waals surface area contributed by atoms with Gasteiger partial charge in [0.1, 0.15) is 5.82 Å². The zero-order chi connectivity index (χ0) is 9.84. The molecule has 0 aliphatic carbocycles. The van der Waals surface area contributed by atoms with Crippen LogP contribution in [0.5, 0.6) is 0 Å². The Hall–Kier alpha value is -1.29. The second-order valence-corrected chi connectivity index (χ2v) is 2.77. The molecule has 0 spiro atoms. The van der Waals surface area contributed by atoms with E-state index in [9.17, 15) is 9.18 Å². The second-order valence-electron chi connectivity index (χ2n) is 2.36. The van der Waals surface area contributed by atoms with Crippen molar-refractivity contribution in [1.82, 2.24) is 5.32 Å². The Morgan fingerprint density at radius 2 is 2.31 bits per heavy atom. The van der Waals surface area contributed by atoms with Gasteiger partial charge in [0.25, 0.3) is 0 Å². The van der Waals surface area contributed by atoms with E-state index in [2.05, 4.69) is 0 Å². The van der Waals surface area contributed by atoms with Gasteiger partial charge in [-0.2, -0.15) is 0 Å². The normalized spacial score (nSPS) is 9.69. The van der Waals surface area contributed by atoms with Crippen molar-refractivity contribution in [2.24, 2.45) is 0 Å². The predicted molar refractivity (Wildman–Crippen MR) is 46.3 cm³/mol. The zero-order valence-corrected chi connectivity index (χ0v) is 7.31. The van der Waals surface area contributed by atoms with E-state index in [1.165, 1.54) is 18.2 Å². The smallest absolute Gasteiger partial charge is 0.404 e. The third-order valence-electron chi connectivity index (χ3n) is 1.48. The predicted octanol–water partition coefficient (Wildman–Crippen LogP) is 2.25. The summed E-state index contributed by atoms with van der Waals surface area (Å²) in [5.74, 6) is -0.513. The van der Waals surface area contributed by atoms with Crippen LogP contribution in [0.1, 0.15) is 5.56 Å². The molecule has 0 fully saturated rings. The van der Waals surface area contributed by atoms with Gasteiger partial charge in [-0.3, -0.25) is 0 Å². The van der Waals surface area contributed by atoms with Gasteiger partial charge in [0.15, 0.2) is 0 Å². The zero-order valence-electron chi connectivity index (χ0n) is 6.55. The van der Waals surface area contributed by atoms with Gasteiger partial charge in [-0.15, -0.1) is 0 Å². The van der Waals surface area contributed by atoms with Crippen molar-refractivity contribution in [1.29, 1.82) is 0 Å². The van der Waals surface area contributed by atoms with Gasteiger partial charge in [-0.05, 0) is 12.1 Å². The van der Waals surface area contributed by atoms with Crippen LogP contribution in [0.3, 0.4) is 0 Å². The Morgan fingerprint density at radius 3 is 2.85 bits per heavy atom. The molecule has 1 rings (SSSR count). The number of nitrogens with one attached hydrogen (secondary N) is 1. The van der Waals surface area contributed by atoms with E-state index >= 15 is 0 Å². The SMILES string of the molecule is O=C(O)NCc1c(F)cccc1Cl. The van der Waals surface area contributed by atoms with Crippen molar-refractivity contribution in [2.75, 3.05) is 0 Å². The Bertz CT molecular complexity index is 310. The van der Waals surface area contributed by atoms with Crippen LogP contribution >= 0.6 is 11.6 Å². The van der Waals surface area contributed by atoms with Crippen molar-refractivity contribution in [3.63, 3.8) is 0 Å². The summed E-state index contributed by atoms with van der Waals surface area (Å²) in [5.41, 5.74) is 0.159. The lowest BCUT2D eigenvalue weighted by Gasteiger charge is -2.04. The summed E-state index contributed by atoms with van der Waals surface area (Å²) >= 11 is 5.64. The molecule has 0 bridgehead atoms. The van der Waals surface area contributed by atoms with Crippen LogP contribution in [-0.4, -0.2) is 11.2 Å². The highest BCUT2D eigenvalue weighted by Gasteiger charge is 2.06. The van der Waals surface area contributed by atoms with Crippen LogP contribution in [0, 0.1) is 5.82 Å². The first-order valence-electron chi connectivity index (χ1n) is 3.51. The van der Waals surface area contributed by atoms with E-state index in [0.717, 1.165) is 0 Å². The van der Waals surface area contributed by atoms with Crippen molar-refractivity contribution in [3.05, 3.63) is 34.6 Å². The summed E-state index contributed by atoms with van der Waals surface area (Å²) in [6.07, 6.45) is -1.21. The third kappa shape index (κ3) is 2.59. The molecular formula is C8H7ClFNO2. The van der Waals surface area contributed by atoms with E-state index in [1.54, 1.807) is 0 Å². The number of benzene rings is 1. The maximum Gasteiger partial charge on any atom is 0.404 e. The maximum atomic E-state index is 13.0. The van der Waals surface area contributed by atoms with E-state index in [0.29, 0.717) is 0 Å². The molecule has 0 radical (unpaired) electrons. The van der Waals surface area contributed by atoms with Crippen molar-refractivity contribution in [3.8, 4) is 0 Å². The fraction of sp³-hybridized carbons (Fsp3) is 0.125. The molecule has 13 heavy (non-hydrogen) atoms. The highest BCUT2D eigenvalue weighted by Crippen LogP contribution is 2.18. The van der Waals surface area contributed by atoms with Gasteiger partial charge in [0.05, 0.1) is 6.54 Å². The highest BCUT2D eigenvalue weighted by molar-refractivity contribution is 6.31. The summed E-state index contributed by atoms with van der Waals surface area (Å²) < 4.78 is 13.0. The first-order chi connectivity index (χ1) is 6.11. The van der Waals surface area contributed by atoms with Gasteiger partial charge < -0.3 is 10.4 Å². The molecule has 0 unspecified atom stereocenters. The lowest BCUT2D eigenvalue weighted by Crippen LogP contribution is -2.20. The molecule has 0 saturated heterocycles. The number of amides is 1. The number of halogens is 2. The molecule has 0 atom stereocenters. The molecule has 0 heterocycles. The van der Waals surface area contributed by atoms with E-state index in [1.807, 2.05) is 5.32 Å². The molecule has 0 saturated carbocycles. The van der Waals surface area contributed by atoms with Crippen LogP contribution < -0.4 is 5.32 Å². The first kappa shape index (κ1) is 9.80. The molecule has 70 valence electrons. The lowest BCUT2D eigenvalue weighted by atomic mass is 10.2. The van der Waals surface area contributed by atoms with Gasteiger partial charge in [0, 0.05) is 10.6 Å². The molecule has 1 amide bonds. The monoisotopic (exact) mass is 203 g/mol. The summed E-state index contributed by atoms with van der Waals surface area (Å²) in [7, 11) is 0. The lowest BCUT2D eigenvalue weighted by molar-refractivity contribution is 0.194. The van der Waals surface area contributed by atoms with Gasteiger partial charge in [0.2, 0.25) is 0 Å². The molecular weight excluding hydrogens is 197 g/mol. The molecule has 0 aliphatic heterocycles. The molecule has 0 aliphatic rings. The van der Waals surface area contributed by atoms with Crippen LogP contribution in [0.15, 0.2) is 18.2 Å². The fourth-order valence-electron chi connectivity index (χ4n) is 0.865. The van der Waals surface area contributed by atoms with Crippen LogP contribution in [0.25, 0.3) is 0 Å². The second kappa shape index (κ2) is 4.09. The Morgan fingerprint density at radius 1 is 1.62 bits per heavy atom. The topological polar surface area (TPSA) is 49.3 Å². The fourth-order valence-corrected chi connectivity index (χ4v) is 1.10. The molecule has 1 aromatic carbocycles. The number of hydrogen-bond donors (Lipinski definition) is 2. The average molecular weight is 204 g/mol. The van der Waals surface area contributed by atoms with E-state index in [-0.39, 0.29) is 17.1 Å². The van der Waals surface area contributed by atoms with Crippen LogP contribution in [0.4, 0.5) is 9.18 Å². The van der Waals surface area contributed by atoms with Gasteiger partial charge >= 0.3 is 6.09 Å². The van der Waals surface area contributed by atoms with Crippen LogP contribution in [-0.2, 0) is 6.54 Å². The number of carboxylic acid groups (broad SMARTS) is 1. The minimum absolute atomic E-state index is 0.124. The summed E-state index contributed by atoms with van der Waals surface area (Å²) in [6, 6.07) is 4.19. The summed E-state index contributed by atoms with van der Waals surface area (Å²) in [4.78, 5) is 10.1. The van der Waals surface area contributed by atoms with Crippen molar-refractivity contribution in [2.45, 2.75) is 6.54 Å². The summed E-state index contributed by atoms with van der Waals surface area (Å²) in [6.45, 7) is -0.124. The standard InChI is InChI=1S/C8H7ClFNO2/c9-6-2-1-3-7(10)5(6)4-11-8(12)13/h1-3,11H,4H2,(H,12,13). The Labute approximate surface area is 79.1 Å². The van der Waals surface area contributed by atoms with E-state index < -0.39 is 11.9 Å². The molecule has 1 aromatic rings. The number of hydrogen-bond acceptors (Lipinski definition) is 1. The summed E-state index contributed by atoms with van der Waals surface area (Å²) in [5, 5.41) is 10.5.